The molecular weight excluding hydrogens is 376 g/mol. The van der Waals surface area contributed by atoms with Gasteiger partial charge in [0, 0.05) is 17.5 Å². The number of aliphatic hydroxyl groups excluding tert-OH is 3. The zero-order chi connectivity index (χ0) is 21.1. The summed E-state index contributed by atoms with van der Waals surface area (Å²) < 4.78 is 0. The molecule has 2 amide bonds. The normalized spacial score (nSPS) is 13.7. The Bertz CT molecular complexity index is 856. The van der Waals surface area contributed by atoms with E-state index in [1.165, 1.54) is 0 Å². The molecule has 5 N–H and O–H groups in total. The van der Waals surface area contributed by atoms with Gasteiger partial charge in [0.15, 0.2) is 0 Å². The number of hydrogen-bond donors (Lipinski definition) is 5. The fraction of sp³-hybridized carbons (Fsp3) is 0.200. The van der Waals surface area contributed by atoms with Crippen molar-refractivity contribution in [1.82, 2.24) is 10.9 Å². The summed E-state index contributed by atoms with van der Waals surface area (Å²) in [6.07, 6.45) is -1.82. The largest absolute Gasteiger partial charge is 0.394 e. The fourth-order valence-corrected chi connectivity index (χ4v) is 2.20. The minimum atomic E-state index is -1.39. The van der Waals surface area contributed by atoms with Gasteiger partial charge < -0.3 is 15.3 Å². The average Bonchev–Trinajstić information content (AvgIpc) is 2.77. The van der Waals surface area contributed by atoms with Gasteiger partial charge in [0.1, 0.15) is 6.10 Å². The van der Waals surface area contributed by atoms with E-state index in [-0.39, 0.29) is 12.1 Å². The third kappa shape index (κ3) is 7.26. The molecule has 0 bridgehead atoms. The Labute approximate surface area is 167 Å². The topological polar surface area (TPSA) is 144 Å². The molecule has 0 unspecified atom stereocenters. The first-order chi connectivity index (χ1) is 14.0. The van der Waals surface area contributed by atoms with Gasteiger partial charge in [-0.15, -0.1) is 0 Å². The molecule has 9 nitrogen and oxygen atoms in total. The molecule has 0 heterocycles. The molecule has 2 aromatic carbocycles. The van der Waals surface area contributed by atoms with E-state index in [1.807, 2.05) is 0 Å². The third-order valence-corrected chi connectivity index (χ3v) is 3.80. The average molecular weight is 398 g/mol. The maximum atomic E-state index is 12.1. The third-order valence-electron chi connectivity index (χ3n) is 3.80. The summed E-state index contributed by atoms with van der Waals surface area (Å²) in [5, 5.41) is 36.1. The van der Waals surface area contributed by atoms with Crippen LogP contribution >= 0.6 is 0 Å². The zero-order valence-electron chi connectivity index (χ0n) is 15.5. The maximum absolute atomic E-state index is 12.1. The second-order valence-corrected chi connectivity index (χ2v) is 6.00. The predicted octanol–water partition coefficient (Wildman–Crippen LogP) is 0.292. The van der Waals surface area contributed by atoms with Crippen molar-refractivity contribution >= 4 is 23.7 Å². The maximum Gasteiger partial charge on any atom is 0.271 e. The highest BCUT2D eigenvalue weighted by Crippen LogP contribution is 2.02. The summed E-state index contributed by atoms with van der Waals surface area (Å²) in [4.78, 5) is 24.1. The van der Waals surface area contributed by atoms with Crippen LogP contribution in [0, 0.1) is 0 Å². The standard InChI is InChI=1S/C20H22N4O5/c25-13-18(27)17(26)11-16(22-24-20(29)15-9-5-2-6-10-15)12-21-23-19(28)14-7-3-1-4-8-14/h1-10,12,17-18,25-27H,11,13H2,(H,23,28)(H,24,29)/b21-12-,22-16-/t17-,18+/m0/s1. The minimum absolute atomic E-state index is 0.0719. The quantitative estimate of drug-likeness (QED) is 0.305. The Morgan fingerprint density at radius 2 is 1.38 bits per heavy atom. The van der Waals surface area contributed by atoms with Crippen molar-refractivity contribution in [2.75, 3.05) is 6.61 Å². The predicted molar refractivity (Wildman–Crippen MR) is 107 cm³/mol. The van der Waals surface area contributed by atoms with Crippen molar-refractivity contribution < 1.29 is 24.9 Å². The van der Waals surface area contributed by atoms with Crippen molar-refractivity contribution in [2.24, 2.45) is 10.2 Å². The van der Waals surface area contributed by atoms with Gasteiger partial charge in [-0.05, 0) is 24.3 Å². The molecule has 0 saturated carbocycles. The van der Waals surface area contributed by atoms with Gasteiger partial charge in [-0.3, -0.25) is 9.59 Å². The fourth-order valence-electron chi connectivity index (χ4n) is 2.20. The van der Waals surface area contributed by atoms with Crippen molar-refractivity contribution in [3.8, 4) is 0 Å². The second-order valence-electron chi connectivity index (χ2n) is 6.00. The molecule has 0 fully saturated rings. The molecule has 0 saturated heterocycles. The summed E-state index contributed by atoms with van der Waals surface area (Å²) in [6.45, 7) is -0.646. The Hall–Kier alpha value is -3.40. The molecular formula is C20H22N4O5. The number of nitrogens with zero attached hydrogens (tertiary/aromatic N) is 2. The van der Waals surface area contributed by atoms with Crippen molar-refractivity contribution in [1.29, 1.82) is 0 Å². The Morgan fingerprint density at radius 3 is 1.90 bits per heavy atom. The Balaban J connectivity index is 2.07. The van der Waals surface area contributed by atoms with Gasteiger partial charge in [0.25, 0.3) is 11.8 Å². The molecule has 0 aliphatic rings. The molecule has 0 aromatic heterocycles. The lowest BCUT2D eigenvalue weighted by molar-refractivity contribution is -0.00975. The highest BCUT2D eigenvalue weighted by Gasteiger charge is 2.17. The van der Waals surface area contributed by atoms with Crippen LogP contribution in [0.3, 0.4) is 0 Å². The number of hydrogen-bond acceptors (Lipinski definition) is 7. The molecule has 2 rings (SSSR count). The molecule has 9 heteroatoms. The van der Waals surface area contributed by atoms with Crippen LogP contribution in [-0.4, -0.2) is 57.9 Å². The Morgan fingerprint density at radius 1 is 0.862 bits per heavy atom. The first-order valence-electron chi connectivity index (χ1n) is 8.78. The second kappa shape index (κ2) is 11.4. The van der Waals surface area contributed by atoms with E-state index in [9.17, 15) is 19.8 Å². The molecule has 0 radical (unpaired) electrons. The number of nitrogens with one attached hydrogen (secondary N) is 2. The van der Waals surface area contributed by atoms with Gasteiger partial charge in [-0.1, -0.05) is 36.4 Å². The number of hydrazone groups is 2. The van der Waals surface area contributed by atoms with E-state index in [1.54, 1.807) is 60.7 Å². The molecule has 0 aliphatic carbocycles. The van der Waals surface area contributed by atoms with Crippen LogP contribution in [0.15, 0.2) is 70.9 Å². The minimum Gasteiger partial charge on any atom is -0.394 e. The highest BCUT2D eigenvalue weighted by molar-refractivity contribution is 6.31. The number of carbonyl (C=O) groups is 2. The SMILES string of the molecule is O=C(N/N=C\C(C[C@H](O)[C@H](O)CO)=N/NC(=O)c1ccccc1)c1ccccc1. The van der Waals surface area contributed by atoms with Crippen LogP contribution in [0.2, 0.25) is 0 Å². The number of amides is 2. The van der Waals surface area contributed by atoms with E-state index in [2.05, 4.69) is 21.1 Å². The van der Waals surface area contributed by atoms with E-state index in [0.29, 0.717) is 11.1 Å². The summed E-state index contributed by atoms with van der Waals surface area (Å²) in [5.41, 5.74) is 5.48. The number of carbonyl (C=O) groups excluding carboxylic acids is 2. The van der Waals surface area contributed by atoms with E-state index in [4.69, 9.17) is 5.11 Å². The van der Waals surface area contributed by atoms with Crippen molar-refractivity contribution in [3.63, 3.8) is 0 Å². The molecule has 152 valence electrons. The Kier molecular flexibility index (Phi) is 8.64. The van der Waals surface area contributed by atoms with Crippen LogP contribution in [0.5, 0.6) is 0 Å². The van der Waals surface area contributed by atoms with Crippen LogP contribution < -0.4 is 10.9 Å². The first kappa shape index (κ1) is 21.9. The summed E-state index contributed by atoms with van der Waals surface area (Å²) >= 11 is 0. The smallest absolute Gasteiger partial charge is 0.271 e. The first-order valence-corrected chi connectivity index (χ1v) is 8.78. The lowest BCUT2D eigenvalue weighted by Crippen LogP contribution is -2.33. The van der Waals surface area contributed by atoms with E-state index < -0.39 is 30.6 Å². The zero-order valence-corrected chi connectivity index (χ0v) is 15.5. The molecule has 2 aromatic rings. The monoisotopic (exact) mass is 398 g/mol. The number of aliphatic hydroxyl groups is 3. The molecule has 0 aliphatic heterocycles. The van der Waals surface area contributed by atoms with Crippen LogP contribution in [0.25, 0.3) is 0 Å². The lowest BCUT2D eigenvalue weighted by Gasteiger charge is -2.15. The van der Waals surface area contributed by atoms with E-state index >= 15 is 0 Å². The number of benzene rings is 2. The van der Waals surface area contributed by atoms with Crippen LogP contribution in [0.1, 0.15) is 27.1 Å². The van der Waals surface area contributed by atoms with Crippen LogP contribution in [-0.2, 0) is 0 Å². The lowest BCUT2D eigenvalue weighted by atomic mass is 10.1. The van der Waals surface area contributed by atoms with Gasteiger partial charge in [-0.25, -0.2) is 10.9 Å². The molecule has 29 heavy (non-hydrogen) atoms. The molecule has 0 spiro atoms. The highest BCUT2D eigenvalue weighted by atomic mass is 16.4. The summed E-state index contributed by atoms with van der Waals surface area (Å²) in [5.74, 6) is -0.938. The van der Waals surface area contributed by atoms with Crippen LogP contribution in [0.4, 0.5) is 0 Å². The van der Waals surface area contributed by atoms with Crippen molar-refractivity contribution in [2.45, 2.75) is 18.6 Å². The van der Waals surface area contributed by atoms with E-state index in [0.717, 1.165) is 6.21 Å². The van der Waals surface area contributed by atoms with Gasteiger partial charge in [-0.2, -0.15) is 10.2 Å². The van der Waals surface area contributed by atoms with Crippen molar-refractivity contribution in [3.05, 3.63) is 71.8 Å². The van der Waals surface area contributed by atoms with Gasteiger partial charge >= 0.3 is 0 Å². The van der Waals surface area contributed by atoms with Gasteiger partial charge in [0.2, 0.25) is 0 Å². The summed E-state index contributed by atoms with van der Waals surface area (Å²) in [6, 6.07) is 16.8. The summed E-state index contributed by atoms with van der Waals surface area (Å²) in [7, 11) is 0. The molecule has 2 atom stereocenters. The van der Waals surface area contributed by atoms with Gasteiger partial charge in [0.05, 0.1) is 24.6 Å². The number of rotatable bonds is 9.